The van der Waals surface area contributed by atoms with Gasteiger partial charge in [0.1, 0.15) is 11.3 Å². The number of rotatable bonds is 3. The molecule has 0 bridgehead atoms. The lowest BCUT2D eigenvalue weighted by atomic mass is 9.98. The summed E-state index contributed by atoms with van der Waals surface area (Å²) in [5.41, 5.74) is 1.80. The second-order valence-electron chi connectivity index (χ2n) is 8.42. The highest BCUT2D eigenvalue weighted by Gasteiger charge is 2.19. The molecular weight excluding hydrogens is 470 g/mol. The van der Waals surface area contributed by atoms with E-state index in [0.29, 0.717) is 43.9 Å². The van der Waals surface area contributed by atoms with E-state index in [1.54, 1.807) is 56.3 Å². The first-order valence-electron chi connectivity index (χ1n) is 10.8. The largest absolute Gasteiger partial charge is 0.507 e. The zero-order chi connectivity index (χ0) is 25.0. The van der Waals surface area contributed by atoms with Gasteiger partial charge in [-0.05, 0) is 56.2 Å². The molecule has 0 radical (unpaired) electrons. The van der Waals surface area contributed by atoms with Gasteiger partial charge in [-0.15, -0.1) is 0 Å². The van der Waals surface area contributed by atoms with Gasteiger partial charge in [0.05, 0.1) is 17.6 Å². The Kier molecular flexibility index (Phi) is 5.33. The first kappa shape index (κ1) is 22.6. The van der Waals surface area contributed by atoms with Crippen LogP contribution in [-0.2, 0) is 6.54 Å². The van der Waals surface area contributed by atoms with E-state index in [9.17, 15) is 19.5 Å². The maximum Gasteiger partial charge on any atom is 0.339 e. The molecule has 0 unspecified atom stereocenters. The van der Waals surface area contributed by atoms with Crippen LogP contribution in [0.4, 0.5) is 0 Å². The average molecular weight is 490 g/mol. The van der Waals surface area contributed by atoms with E-state index in [-0.39, 0.29) is 23.3 Å². The van der Waals surface area contributed by atoms with Gasteiger partial charge < -0.3 is 9.52 Å². The lowest BCUT2D eigenvalue weighted by Gasteiger charge is -2.14. The van der Waals surface area contributed by atoms with Crippen LogP contribution in [-0.4, -0.2) is 19.6 Å². The highest BCUT2D eigenvalue weighted by Crippen LogP contribution is 2.38. The quantitative estimate of drug-likeness (QED) is 0.367. The third kappa shape index (κ3) is 3.63. The summed E-state index contributed by atoms with van der Waals surface area (Å²) in [6.45, 7) is 5.23. The first-order chi connectivity index (χ1) is 16.7. The predicted molar refractivity (Wildman–Crippen MR) is 135 cm³/mol. The third-order valence-electron chi connectivity index (χ3n) is 6.35. The summed E-state index contributed by atoms with van der Waals surface area (Å²) >= 11 is 6.30. The normalized spacial score (nSPS) is 11.4. The van der Waals surface area contributed by atoms with Crippen LogP contribution in [0.3, 0.4) is 0 Å². The predicted octanol–water partition coefficient (Wildman–Crippen LogP) is 4.19. The lowest BCUT2D eigenvalue weighted by molar-refractivity contribution is 0.469. The van der Waals surface area contributed by atoms with Gasteiger partial charge in [-0.1, -0.05) is 29.8 Å². The Morgan fingerprint density at radius 1 is 1.00 bits per heavy atom. The van der Waals surface area contributed by atoms with Crippen molar-refractivity contribution < 1.29 is 9.52 Å². The number of phenols is 1. The molecule has 0 aliphatic rings. The molecule has 0 saturated carbocycles. The molecule has 0 atom stereocenters. The number of pyridine rings is 1. The summed E-state index contributed by atoms with van der Waals surface area (Å²) in [7, 11) is 0. The van der Waals surface area contributed by atoms with Crippen LogP contribution in [0.15, 0.2) is 61.3 Å². The molecule has 0 aliphatic carbocycles. The molecule has 3 aromatic heterocycles. The van der Waals surface area contributed by atoms with Gasteiger partial charge in [0.2, 0.25) is 0 Å². The monoisotopic (exact) mass is 489 g/mol. The van der Waals surface area contributed by atoms with Crippen LogP contribution in [0.25, 0.3) is 33.3 Å². The number of benzene rings is 2. The number of aromatic nitrogens is 3. The molecule has 0 saturated heterocycles. The van der Waals surface area contributed by atoms with E-state index in [2.05, 4.69) is 9.97 Å². The molecule has 0 amide bonds. The Morgan fingerprint density at radius 2 is 1.74 bits per heavy atom. The van der Waals surface area contributed by atoms with E-state index in [4.69, 9.17) is 16.0 Å². The van der Waals surface area contributed by atoms with Crippen molar-refractivity contribution in [3.8, 4) is 17.0 Å². The Labute approximate surface area is 203 Å². The van der Waals surface area contributed by atoms with E-state index >= 15 is 0 Å². The number of hydrogen-bond donors (Lipinski definition) is 2. The molecule has 0 fully saturated rings. The Bertz CT molecular complexity index is 1850. The summed E-state index contributed by atoms with van der Waals surface area (Å²) in [5, 5.41) is 12.3. The molecule has 0 spiro atoms. The number of aryl methyl sites for hydroxylation is 2. The summed E-state index contributed by atoms with van der Waals surface area (Å²) in [5.74, 6) is -0.111. The Balaban J connectivity index is 1.79. The molecule has 5 rings (SSSR count). The number of fused-ring (bicyclic) bond motifs is 2. The molecule has 176 valence electrons. The van der Waals surface area contributed by atoms with Gasteiger partial charge in [0.15, 0.2) is 5.65 Å². The minimum Gasteiger partial charge on any atom is -0.507 e. The van der Waals surface area contributed by atoms with Gasteiger partial charge in [-0.3, -0.25) is 14.3 Å². The van der Waals surface area contributed by atoms with E-state index in [1.165, 1.54) is 4.57 Å². The molecule has 0 aliphatic heterocycles. The number of aromatic amines is 1. The van der Waals surface area contributed by atoms with Crippen LogP contribution >= 0.6 is 11.6 Å². The number of hydrogen-bond acceptors (Lipinski definition) is 6. The number of halogens is 1. The fraction of sp³-hybridized carbons (Fsp3) is 0.154. The van der Waals surface area contributed by atoms with Crippen molar-refractivity contribution in [1.29, 1.82) is 0 Å². The van der Waals surface area contributed by atoms with Crippen LogP contribution in [0.2, 0.25) is 5.02 Å². The SMILES string of the molecule is Cc1c(C)c2cc(-c3ccc4c(=O)[nH]c(=O)n(Cc5ccccc5Cl)c4n3)c(O)c(C)c2oc1=O. The summed E-state index contributed by atoms with van der Waals surface area (Å²) in [6.07, 6.45) is 0. The maximum atomic E-state index is 12.8. The average Bonchev–Trinajstić information content (AvgIpc) is 2.83. The van der Waals surface area contributed by atoms with Crippen molar-refractivity contribution in [3.63, 3.8) is 0 Å². The standard InChI is InChI=1S/C26H20ClN3O5/c1-12-13(2)25(33)35-22-14(3)21(31)18(10-17(12)22)20-9-8-16-23(28-20)30(26(34)29-24(16)32)11-15-6-4-5-7-19(15)27/h4-10,31H,11H2,1-3H3,(H,29,32,34). The van der Waals surface area contributed by atoms with Gasteiger partial charge >= 0.3 is 11.3 Å². The molecule has 5 aromatic rings. The van der Waals surface area contributed by atoms with Crippen molar-refractivity contribution in [2.24, 2.45) is 0 Å². The Morgan fingerprint density at radius 3 is 2.49 bits per heavy atom. The minimum atomic E-state index is -0.626. The minimum absolute atomic E-state index is 0.0917. The fourth-order valence-electron chi connectivity index (χ4n) is 4.17. The number of H-pyrrole nitrogens is 1. The van der Waals surface area contributed by atoms with Crippen LogP contribution in [0.1, 0.15) is 22.3 Å². The van der Waals surface area contributed by atoms with Gasteiger partial charge in [-0.25, -0.2) is 14.6 Å². The molecule has 8 nitrogen and oxygen atoms in total. The molecular formula is C26H20ClN3O5. The van der Waals surface area contributed by atoms with Crippen molar-refractivity contribution in [1.82, 2.24) is 14.5 Å². The van der Waals surface area contributed by atoms with E-state index < -0.39 is 16.9 Å². The van der Waals surface area contributed by atoms with Crippen molar-refractivity contribution in [2.45, 2.75) is 27.3 Å². The second kappa shape index (κ2) is 8.25. The number of nitrogens with zero attached hydrogens (tertiary/aromatic N) is 2. The van der Waals surface area contributed by atoms with Crippen LogP contribution in [0, 0.1) is 20.8 Å². The lowest BCUT2D eigenvalue weighted by Crippen LogP contribution is -2.31. The third-order valence-corrected chi connectivity index (χ3v) is 6.72. The Hall–Kier alpha value is -4.17. The number of aromatic hydroxyl groups is 1. The van der Waals surface area contributed by atoms with Crippen LogP contribution in [0.5, 0.6) is 5.75 Å². The van der Waals surface area contributed by atoms with Crippen molar-refractivity contribution >= 4 is 33.6 Å². The number of phenolic OH excluding ortho intramolecular Hbond substituents is 1. The topological polar surface area (TPSA) is 118 Å². The van der Waals surface area contributed by atoms with Gasteiger partial charge in [0.25, 0.3) is 5.56 Å². The van der Waals surface area contributed by atoms with E-state index in [0.717, 1.165) is 5.56 Å². The summed E-state index contributed by atoms with van der Waals surface area (Å²) in [4.78, 5) is 44.4. The molecule has 2 N–H and O–H groups in total. The fourth-order valence-corrected chi connectivity index (χ4v) is 4.37. The van der Waals surface area contributed by atoms with Gasteiger partial charge in [0, 0.05) is 27.1 Å². The summed E-state index contributed by atoms with van der Waals surface area (Å²) in [6, 6.07) is 11.9. The number of nitrogens with one attached hydrogen (secondary N) is 1. The van der Waals surface area contributed by atoms with E-state index in [1.807, 2.05) is 6.92 Å². The molecule has 3 heterocycles. The molecule has 2 aromatic carbocycles. The van der Waals surface area contributed by atoms with Gasteiger partial charge in [-0.2, -0.15) is 0 Å². The second-order valence-corrected chi connectivity index (χ2v) is 8.83. The zero-order valence-electron chi connectivity index (χ0n) is 19.1. The highest BCUT2D eigenvalue weighted by atomic mass is 35.5. The first-order valence-corrected chi connectivity index (χ1v) is 11.2. The maximum absolute atomic E-state index is 12.8. The molecule has 9 heteroatoms. The van der Waals surface area contributed by atoms with Crippen molar-refractivity contribution in [2.75, 3.05) is 0 Å². The summed E-state index contributed by atoms with van der Waals surface area (Å²) < 4.78 is 6.77. The highest BCUT2D eigenvalue weighted by molar-refractivity contribution is 6.31. The molecule has 35 heavy (non-hydrogen) atoms. The smallest absolute Gasteiger partial charge is 0.339 e. The van der Waals surface area contributed by atoms with Crippen molar-refractivity contribution in [3.05, 3.63) is 101 Å². The van der Waals surface area contributed by atoms with Crippen LogP contribution < -0.4 is 16.9 Å². The zero-order valence-corrected chi connectivity index (χ0v) is 19.9.